The normalized spacial score (nSPS) is 12.4. The average Bonchev–Trinajstić information content (AvgIpc) is 2.35. The lowest BCUT2D eigenvalue weighted by Crippen LogP contribution is -2.20. The fraction of sp³-hybridized carbons (Fsp3) is 0.538. The molecule has 0 heterocycles. The van der Waals surface area contributed by atoms with Crippen molar-refractivity contribution in [3.63, 3.8) is 0 Å². The lowest BCUT2D eigenvalue weighted by Gasteiger charge is -2.10. The fourth-order valence-corrected chi connectivity index (χ4v) is 2.40. The highest BCUT2D eigenvalue weighted by Gasteiger charge is 2.04. The van der Waals surface area contributed by atoms with Gasteiger partial charge in [0.2, 0.25) is 0 Å². The molecule has 1 unspecified atom stereocenters. The van der Waals surface area contributed by atoms with E-state index in [-0.39, 0.29) is 5.38 Å². The molecule has 3 nitrogen and oxygen atoms in total. The number of ether oxygens (including phenoxy) is 2. The first-order valence-electron chi connectivity index (χ1n) is 5.83. The fourth-order valence-electron chi connectivity index (χ4n) is 1.58. The number of methoxy groups -OCH3 is 2. The minimum absolute atomic E-state index is 0.0742. The second kappa shape index (κ2) is 8.75. The molecule has 1 aromatic rings. The van der Waals surface area contributed by atoms with E-state index in [1.807, 2.05) is 12.1 Å². The number of hydrogen-bond donors (Lipinski definition) is 1. The van der Waals surface area contributed by atoms with Crippen molar-refractivity contribution in [1.29, 1.82) is 0 Å². The molecule has 0 saturated heterocycles. The first-order valence-corrected chi connectivity index (χ1v) is 7.06. The van der Waals surface area contributed by atoms with Gasteiger partial charge < -0.3 is 14.8 Å². The van der Waals surface area contributed by atoms with Crippen molar-refractivity contribution in [2.45, 2.75) is 18.3 Å². The van der Waals surface area contributed by atoms with Crippen LogP contribution in [-0.2, 0) is 11.3 Å². The Kier molecular flexibility index (Phi) is 7.66. The third kappa shape index (κ3) is 5.57. The van der Waals surface area contributed by atoms with Crippen LogP contribution in [0.15, 0.2) is 22.7 Å². The molecule has 5 heteroatoms. The maximum Gasteiger partial charge on any atom is 0.133 e. The molecule has 1 rings (SSSR count). The molecule has 102 valence electrons. The molecule has 1 aromatic carbocycles. The number of nitrogens with one attached hydrogen (secondary N) is 1. The van der Waals surface area contributed by atoms with E-state index in [9.17, 15) is 0 Å². The van der Waals surface area contributed by atoms with Crippen molar-refractivity contribution in [1.82, 2.24) is 5.32 Å². The minimum Gasteiger partial charge on any atom is -0.496 e. The number of alkyl halides is 1. The summed E-state index contributed by atoms with van der Waals surface area (Å²) >= 11 is 9.51. The largest absolute Gasteiger partial charge is 0.496 e. The molecular formula is C13H19BrClNO2. The van der Waals surface area contributed by atoms with Crippen molar-refractivity contribution in [2.24, 2.45) is 0 Å². The van der Waals surface area contributed by atoms with Crippen LogP contribution in [0.5, 0.6) is 5.75 Å². The summed E-state index contributed by atoms with van der Waals surface area (Å²) in [6.45, 7) is 2.29. The molecule has 1 N–H and O–H groups in total. The molecule has 0 bridgehead atoms. The zero-order valence-corrected chi connectivity index (χ0v) is 13.1. The van der Waals surface area contributed by atoms with Crippen LogP contribution in [0.1, 0.15) is 12.0 Å². The monoisotopic (exact) mass is 335 g/mol. The third-order valence-electron chi connectivity index (χ3n) is 2.53. The number of halogens is 2. The van der Waals surface area contributed by atoms with Crippen LogP contribution in [0.4, 0.5) is 0 Å². The third-order valence-corrected chi connectivity index (χ3v) is 3.49. The number of rotatable bonds is 8. The van der Waals surface area contributed by atoms with Crippen molar-refractivity contribution in [3.8, 4) is 5.75 Å². The summed E-state index contributed by atoms with van der Waals surface area (Å²) in [5.41, 5.74) is 1.21. The molecule has 0 fully saturated rings. The highest BCUT2D eigenvalue weighted by Crippen LogP contribution is 2.25. The van der Waals surface area contributed by atoms with E-state index in [2.05, 4.69) is 27.3 Å². The zero-order chi connectivity index (χ0) is 13.4. The van der Waals surface area contributed by atoms with E-state index >= 15 is 0 Å². The number of hydrogen-bond acceptors (Lipinski definition) is 3. The standard InChI is InChI=1S/C13H19BrClNO2/c1-17-9-11(15)5-6-16-8-10-3-4-13(18-2)12(14)7-10/h3-4,7,11,16H,5-6,8-9H2,1-2H3. The average molecular weight is 337 g/mol. The van der Waals surface area contributed by atoms with Crippen LogP contribution in [0.25, 0.3) is 0 Å². The van der Waals surface area contributed by atoms with Gasteiger partial charge in [0.15, 0.2) is 0 Å². The van der Waals surface area contributed by atoms with Gasteiger partial charge in [-0.05, 0) is 46.6 Å². The Morgan fingerprint density at radius 2 is 2.17 bits per heavy atom. The van der Waals surface area contributed by atoms with Crippen LogP contribution in [0.3, 0.4) is 0 Å². The van der Waals surface area contributed by atoms with E-state index in [1.165, 1.54) is 5.56 Å². The molecule has 0 radical (unpaired) electrons. The molecule has 0 saturated carbocycles. The second-order valence-electron chi connectivity index (χ2n) is 3.99. The minimum atomic E-state index is 0.0742. The van der Waals surface area contributed by atoms with Gasteiger partial charge in [-0.3, -0.25) is 0 Å². The Morgan fingerprint density at radius 1 is 1.39 bits per heavy atom. The van der Waals surface area contributed by atoms with E-state index in [1.54, 1.807) is 14.2 Å². The number of benzene rings is 1. The summed E-state index contributed by atoms with van der Waals surface area (Å²) in [5, 5.41) is 3.43. The molecule has 18 heavy (non-hydrogen) atoms. The SMILES string of the molecule is COCC(Cl)CCNCc1ccc(OC)c(Br)c1. The summed E-state index contributed by atoms with van der Waals surface area (Å²) in [4.78, 5) is 0. The van der Waals surface area contributed by atoms with Gasteiger partial charge in [0.25, 0.3) is 0 Å². The molecule has 0 aliphatic carbocycles. The molecule has 0 aliphatic rings. The van der Waals surface area contributed by atoms with E-state index < -0.39 is 0 Å². The van der Waals surface area contributed by atoms with Gasteiger partial charge >= 0.3 is 0 Å². The van der Waals surface area contributed by atoms with Gasteiger partial charge in [-0.1, -0.05) is 6.07 Å². The molecule has 0 spiro atoms. The maximum absolute atomic E-state index is 6.04. The summed E-state index contributed by atoms with van der Waals surface area (Å²) in [5.74, 6) is 0.847. The topological polar surface area (TPSA) is 30.5 Å². The summed E-state index contributed by atoms with van der Waals surface area (Å²) in [7, 11) is 3.33. The van der Waals surface area contributed by atoms with Gasteiger partial charge in [-0.15, -0.1) is 11.6 Å². The first kappa shape index (κ1) is 15.8. The Labute approximate surface area is 122 Å². The molecule has 1 atom stereocenters. The van der Waals surface area contributed by atoms with Gasteiger partial charge in [-0.25, -0.2) is 0 Å². The summed E-state index contributed by atoms with van der Waals surface area (Å²) < 4.78 is 11.1. The van der Waals surface area contributed by atoms with Crippen LogP contribution in [0.2, 0.25) is 0 Å². The maximum atomic E-state index is 6.04. The predicted molar refractivity (Wildman–Crippen MR) is 78.5 cm³/mol. The first-order chi connectivity index (χ1) is 8.67. The van der Waals surface area contributed by atoms with Gasteiger partial charge in [-0.2, -0.15) is 0 Å². The van der Waals surface area contributed by atoms with Crippen molar-refractivity contribution in [3.05, 3.63) is 28.2 Å². The lowest BCUT2D eigenvalue weighted by atomic mass is 10.2. The van der Waals surface area contributed by atoms with Gasteiger partial charge in [0, 0.05) is 13.7 Å². The smallest absolute Gasteiger partial charge is 0.133 e. The van der Waals surface area contributed by atoms with E-state index in [0.717, 1.165) is 29.7 Å². The van der Waals surface area contributed by atoms with Crippen LogP contribution >= 0.6 is 27.5 Å². The quantitative estimate of drug-likeness (QED) is 0.584. The molecular weight excluding hydrogens is 318 g/mol. The lowest BCUT2D eigenvalue weighted by molar-refractivity contribution is 0.195. The Morgan fingerprint density at radius 3 is 2.78 bits per heavy atom. The van der Waals surface area contributed by atoms with Crippen molar-refractivity contribution >= 4 is 27.5 Å². The highest BCUT2D eigenvalue weighted by molar-refractivity contribution is 9.10. The van der Waals surface area contributed by atoms with Crippen LogP contribution < -0.4 is 10.1 Å². The van der Waals surface area contributed by atoms with Crippen LogP contribution in [0, 0.1) is 0 Å². The predicted octanol–water partition coefficient (Wildman–Crippen LogP) is 3.19. The van der Waals surface area contributed by atoms with Crippen LogP contribution in [-0.4, -0.2) is 32.7 Å². The van der Waals surface area contributed by atoms with E-state index in [0.29, 0.717) is 6.61 Å². The Balaban J connectivity index is 2.29. The van der Waals surface area contributed by atoms with Crippen molar-refractivity contribution in [2.75, 3.05) is 27.4 Å². The van der Waals surface area contributed by atoms with Crippen molar-refractivity contribution < 1.29 is 9.47 Å². The zero-order valence-electron chi connectivity index (χ0n) is 10.7. The van der Waals surface area contributed by atoms with Gasteiger partial charge in [0.1, 0.15) is 5.75 Å². The summed E-state index contributed by atoms with van der Waals surface area (Å²) in [6, 6.07) is 6.06. The molecule has 0 aliphatic heterocycles. The Bertz CT molecular complexity index is 363. The summed E-state index contributed by atoms with van der Waals surface area (Å²) in [6.07, 6.45) is 0.896. The second-order valence-corrected chi connectivity index (χ2v) is 5.46. The Hall–Kier alpha value is -0.290. The molecule has 0 amide bonds. The molecule has 0 aromatic heterocycles. The van der Waals surface area contributed by atoms with Gasteiger partial charge in [0.05, 0.1) is 23.6 Å². The highest BCUT2D eigenvalue weighted by atomic mass is 79.9. The van der Waals surface area contributed by atoms with E-state index in [4.69, 9.17) is 21.1 Å².